The van der Waals surface area contributed by atoms with Crippen LogP contribution in [0.15, 0.2) is 24.3 Å². The maximum atomic E-state index is 13.1. The van der Waals surface area contributed by atoms with Gasteiger partial charge in [-0.1, -0.05) is 321 Å². The average molecular weight is 1090 g/mol. The second kappa shape index (κ2) is 57.9. The van der Waals surface area contributed by atoms with Crippen LogP contribution >= 0.6 is 0 Å². The van der Waals surface area contributed by atoms with Gasteiger partial charge in [0.25, 0.3) is 0 Å². The Morgan fingerprint density at radius 1 is 0.429 bits per heavy atom. The Hall–Kier alpha value is -1.33. The molecule has 1 aliphatic rings. The highest BCUT2D eigenvalue weighted by Gasteiger charge is 2.44. The molecule has 6 N–H and O–H groups in total. The summed E-state index contributed by atoms with van der Waals surface area (Å²) >= 11 is 0. The number of carbonyl (C=O) groups is 1. The molecule has 1 saturated heterocycles. The fraction of sp³-hybridized carbons (Fsp3) is 0.926. The molecule has 1 fully saturated rings. The molecule has 1 rings (SSSR count). The molecule has 7 atom stereocenters. The van der Waals surface area contributed by atoms with Crippen LogP contribution in [0.5, 0.6) is 0 Å². The van der Waals surface area contributed by atoms with Crippen molar-refractivity contribution < 1.29 is 39.8 Å². The van der Waals surface area contributed by atoms with Crippen LogP contribution in [0.1, 0.15) is 348 Å². The molecule has 0 aromatic rings. The summed E-state index contributed by atoms with van der Waals surface area (Å²) in [4.78, 5) is 13.1. The lowest BCUT2D eigenvalue weighted by atomic mass is 9.99. The summed E-state index contributed by atoms with van der Waals surface area (Å²) in [5.41, 5.74) is 0. The van der Waals surface area contributed by atoms with E-state index in [-0.39, 0.29) is 12.5 Å². The Morgan fingerprint density at radius 2 is 0.727 bits per heavy atom. The van der Waals surface area contributed by atoms with Gasteiger partial charge in [-0.05, 0) is 44.9 Å². The number of unbranched alkanes of at least 4 members (excludes halogenated alkanes) is 48. The predicted molar refractivity (Wildman–Crippen MR) is 327 cm³/mol. The Kier molecular flexibility index (Phi) is 55.4. The smallest absolute Gasteiger partial charge is 0.220 e. The third kappa shape index (κ3) is 46.9. The van der Waals surface area contributed by atoms with Gasteiger partial charge in [0.2, 0.25) is 5.91 Å². The van der Waals surface area contributed by atoms with Crippen molar-refractivity contribution >= 4 is 5.91 Å². The number of hydrogen-bond acceptors (Lipinski definition) is 8. The minimum absolute atomic E-state index is 0.169. The van der Waals surface area contributed by atoms with Gasteiger partial charge in [0.1, 0.15) is 24.4 Å². The molecular weight excluding hydrogens is 959 g/mol. The van der Waals surface area contributed by atoms with Gasteiger partial charge in [-0.25, -0.2) is 0 Å². The van der Waals surface area contributed by atoms with Crippen molar-refractivity contribution in [1.29, 1.82) is 0 Å². The molecule has 456 valence electrons. The van der Waals surface area contributed by atoms with Gasteiger partial charge in [-0.15, -0.1) is 0 Å². The van der Waals surface area contributed by atoms with Crippen LogP contribution in [0.2, 0.25) is 0 Å². The number of allylic oxidation sites excluding steroid dienone is 3. The van der Waals surface area contributed by atoms with Crippen LogP contribution in [0.3, 0.4) is 0 Å². The summed E-state index contributed by atoms with van der Waals surface area (Å²) in [5.74, 6) is -0.169. The standard InChI is InChI=1S/C68H131NO8/c1-3-5-7-9-11-13-15-17-19-21-23-25-27-28-29-30-31-32-33-34-36-38-40-42-44-46-48-50-52-54-56-58-64(72)69-61(60-76-68-67(75)66(74)65(73)63(59-70)77-68)62(71)57-55-53-51-49-47-45-43-41-39-37-35-26-24-22-20-18-16-14-12-10-8-6-4-2/h21,23,55,57,61-63,65-68,70-71,73-75H,3-20,22,24-54,56,58-60H2,1-2H3,(H,69,72)/b23-21-,57-55+. The van der Waals surface area contributed by atoms with Crippen LogP contribution in [0, 0.1) is 0 Å². The van der Waals surface area contributed by atoms with Crippen molar-refractivity contribution in [3.05, 3.63) is 24.3 Å². The van der Waals surface area contributed by atoms with E-state index >= 15 is 0 Å². The zero-order chi connectivity index (χ0) is 55.8. The van der Waals surface area contributed by atoms with Crippen LogP contribution in [0.4, 0.5) is 0 Å². The van der Waals surface area contributed by atoms with E-state index in [0.717, 1.165) is 38.5 Å². The Balaban J connectivity index is 2.12. The highest BCUT2D eigenvalue weighted by Crippen LogP contribution is 2.23. The monoisotopic (exact) mass is 1090 g/mol. The summed E-state index contributed by atoms with van der Waals surface area (Å²) in [6.07, 6.45) is 68.5. The number of carbonyl (C=O) groups excluding carboxylic acids is 1. The summed E-state index contributed by atoms with van der Waals surface area (Å²) in [6.45, 7) is 3.83. The molecule has 1 heterocycles. The number of hydrogen-bond donors (Lipinski definition) is 6. The molecule has 77 heavy (non-hydrogen) atoms. The molecule has 9 heteroatoms. The predicted octanol–water partition coefficient (Wildman–Crippen LogP) is 18.1. The maximum absolute atomic E-state index is 13.1. The van der Waals surface area contributed by atoms with Gasteiger partial charge in [-0.2, -0.15) is 0 Å². The number of amides is 1. The number of aliphatic hydroxyl groups excluding tert-OH is 5. The minimum atomic E-state index is -1.57. The van der Waals surface area contributed by atoms with Crippen molar-refractivity contribution in [2.75, 3.05) is 13.2 Å². The lowest BCUT2D eigenvalue weighted by molar-refractivity contribution is -0.302. The van der Waals surface area contributed by atoms with E-state index in [9.17, 15) is 30.3 Å². The van der Waals surface area contributed by atoms with Crippen LogP contribution < -0.4 is 5.32 Å². The lowest BCUT2D eigenvalue weighted by Crippen LogP contribution is -2.60. The fourth-order valence-corrected chi connectivity index (χ4v) is 11.2. The molecular formula is C68H131NO8. The van der Waals surface area contributed by atoms with Gasteiger partial charge in [0, 0.05) is 6.42 Å². The van der Waals surface area contributed by atoms with Gasteiger partial charge in [0.15, 0.2) is 6.29 Å². The first-order valence-electron chi connectivity index (χ1n) is 34.1. The van der Waals surface area contributed by atoms with Crippen LogP contribution in [0.25, 0.3) is 0 Å². The molecule has 1 amide bonds. The third-order valence-electron chi connectivity index (χ3n) is 16.5. The van der Waals surface area contributed by atoms with Crippen molar-refractivity contribution in [2.24, 2.45) is 0 Å². The van der Waals surface area contributed by atoms with Gasteiger partial charge < -0.3 is 40.3 Å². The summed E-state index contributed by atoms with van der Waals surface area (Å²) in [5, 5.41) is 54.7. The minimum Gasteiger partial charge on any atom is -0.394 e. The van der Waals surface area contributed by atoms with Crippen molar-refractivity contribution in [3.63, 3.8) is 0 Å². The van der Waals surface area contributed by atoms with Crippen molar-refractivity contribution in [3.8, 4) is 0 Å². The largest absolute Gasteiger partial charge is 0.394 e. The Bertz CT molecular complexity index is 1260. The quantitative estimate of drug-likeness (QED) is 0.0261. The van der Waals surface area contributed by atoms with Crippen molar-refractivity contribution in [1.82, 2.24) is 5.32 Å². The van der Waals surface area contributed by atoms with E-state index < -0.39 is 49.5 Å². The van der Waals surface area contributed by atoms with E-state index in [1.807, 2.05) is 6.08 Å². The van der Waals surface area contributed by atoms with Gasteiger partial charge in [0.05, 0.1) is 25.4 Å². The normalized spacial score (nSPS) is 18.8. The summed E-state index contributed by atoms with van der Waals surface area (Å²) in [7, 11) is 0. The molecule has 0 bridgehead atoms. The fourth-order valence-electron chi connectivity index (χ4n) is 11.2. The summed E-state index contributed by atoms with van der Waals surface area (Å²) < 4.78 is 11.3. The van der Waals surface area contributed by atoms with Gasteiger partial charge in [-0.3, -0.25) is 4.79 Å². The number of ether oxygens (including phenoxy) is 2. The number of rotatable bonds is 60. The van der Waals surface area contributed by atoms with Crippen LogP contribution in [-0.2, 0) is 14.3 Å². The molecule has 0 aromatic heterocycles. The molecule has 7 unspecified atom stereocenters. The second-order valence-corrected chi connectivity index (χ2v) is 24.0. The van der Waals surface area contributed by atoms with Gasteiger partial charge >= 0.3 is 0 Å². The zero-order valence-corrected chi connectivity index (χ0v) is 51.0. The Morgan fingerprint density at radius 3 is 1.05 bits per heavy atom. The van der Waals surface area contributed by atoms with Crippen LogP contribution in [-0.4, -0.2) is 87.5 Å². The van der Waals surface area contributed by atoms with E-state index in [4.69, 9.17) is 9.47 Å². The molecule has 0 radical (unpaired) electrons. The topological polar surface area (TPSA) is 149 Å². The molecule has 0 saturated carbocycles. The first kappa shape index (κ1) is 73.7. The Labute approximate surface area is 477 Å². The van der Waals surface area contributed by atoms with E-state index in [0.29, 0.717) is 6.42 Å². The van der Waals surface area contributed by atoms with E-state index in [1.165, 1.54) is 289 Å². The van der Waals surface area contributed by atoms with Crippen molar-refractivity contribution in [2.45, 2.75) is 391 Å². The molecule has 1 aliphatic heterocycles. The van der Waals surface area contributed by atoms with E-state index in [2.05, 4.69) is 31.3 Å². The maximum Gasteiger partial charge on any atom is 0.220 e. The second-order valence-electron chi connectivity index (χ2n) is 24.0. The number of aliphatic hydroxyl groups is 5. The zero-order valence-electron chi connectivity index (χ0n) is 51.0. The molecule has 0 aromatic carbocycles. The highest BCUT2D eigenvalue weighted by atomic mass is 16.7. The molecule has 0 aliphatic carbocycles. The lowest BCUT2D eigenvalue weighted by Gasteiger charge is -2.40. The average Bonchev–Trinajstić information content (AvgIpc) is 3.43. The summed E-state index contributed by atoms with van der Waals surface area (Å²) in [6, 6.07) is -0.803. The third-order valence-corrected chi connectivity index (χ3v) is 16.5. The number of nitrogens with one attached hydrogen (secondary N) is 1. The first-order chi connectivity index (χ1) is 37.8. The SMILES string of the molecule is CCCCCCCCCC/C=C\CCCCCCCCCCCCCCCCCCCCCC(=O)NC(COC1OC(CO)C(O)C(O)C1O)C(O)/C=C/CCCCCCCCCCCCCCCCCCCCCCC. The molecule has 9 nitrogen and oxygen atoms in total. The highest BCUT2D eigenvalue weighted by molar-refractivity contribution is 5.76. The first-order valence-corrected chi connectivity index (χ1v) is 34.1. The molecule has 0 spiro atoms. The van der Waals surface area contributed by atoms with E-state index in [1.54, 1.807) is 6.08 Å².